The number of hydrogen-bond acceptors (Lipinski definition) is 7. The summed E-state index contributed by atoms with van der Waals surface area (Å²) in [5.74, 6) is 0.156. The third-order valence-corrected chi connectivity index (χ3v) is 6.12. The van der Waals surface area contributed by atoms with Crippen LogP contribution in [0.15, 0.2) is 45.8 Å². The lowest BCUT2D eigenvalue weighted by Crippen LogP contribution is -2.30. The van der Waals surface area contributed by atoms with Gasteiger partial charge in [0.05, 0.1) is 23.6 Å². The molecule has 0 aliphatic carbocycles. The van der Waals surface area contributed by atoms with Crippen molar-refractivity contribution in [1.82, 2.24) is 5.32 Å². The predicted molar refractivity (Wildman–Crippen MR) is 125 cm³/mol. The molecule has 31 heavy (non-hydrogen) atoms. The van der Waals surface area contributed by atoms with Gasteiger partial charge in [0.15, 0.2) is 23.6 Å². The van der Waals surface area contributed by atoms with E-state index < -0.39 is 5.97 Å². The standard InChI is InChI=1S/C22H23BrN2O5S/c1-4-13-5-7-15(8-6-13)24-22-25-21(27)18(31-22)11-14-9-16(23)20(17(10-14)28-2)30-12-19(26)29-3/h5-11,22,24H,4,12H2,1-3H3,(H,25,27)/b18-11-/t22-/m0/s1. The molecule has 7 nitrogen and oxygen atoms in total. The Morgan fingerprint density at radius 3 is 2.65 bits per heavy atom. The number of ether oxygens (including phenoxy) is 3. The van der Waals surface area contributed by atoms with Crippen LogP contribution in [0.25, 0.3) is 6.08 Å². The Kier molecular flexibility index (Phi) is 7.86. The molecule has 1 atom stereocenters. The van der Waals surface area contributed by atoms with Gasteiger partial charge in [-0.25, -0.2) is 4.79 Å². The fraction of sp³-hybridized carbons (Fsp3) is 0.273. The van der Waals surface area contributed by atoms with E-state index in [4.69, 9.17) is 9.47 Å². The summed E-state index contributed by atoms with van der Waals surface area (Å²) in [4.78, 5) is 24.4. The van der Waals surface area contributed by atoms with Gasteiger partial charge in [0.25, 0.3) is 5.91 Å². The Bertz CT molecular complexity index is 994. The topological polar surface area (TPSA) is 85.9 Å². The van der Waals surface area contributed by atoms with Crippen molar-refractivity contribution in [1.29, 1.82) is 0 Å². The van der Waals surface area contributed by atoms with E-state index in [0.29, 0.717) is 20.9 Å². The van der Waals surface area contributed by atoms with Crippen LogP contribution in [0.5, 0.6) is 11.5 Å². The number of rotatable bonds is 8. The lowest BCUT2D eigenvalue weighted by molar-refractivity contribution is -0.142. The number of carbonyl (C=O) groups excluding carboxylic acids is 2. The van der Waals surface area contributed by atoms with Crippen molar-refractivity contribution in [2.75, 3.05) is 26.1 Å². The first-order valence-electron chi connectivity index (χ1n) is 9.55. The smallest absolute Gasteiger partial charge is 0.343 e. The molecular formula is C22H23BrN2O5S. The molecule has 0 spiro atoms. The number of nitrogens with one attached hydrogen (secondary N) is 2. The molecule has 0 radical (unpaired) electrons. The average Bonchev–Trinajstić information content (AvgIpc) is 3.11. The molecule has 2 N–H and O–H groups in total. The molecular weight excluding hydrogens is 484 g/mol. The Morgan fingerprint density at radius 2 is 2.00 bits per heavy atom. The number of esters is 1. The minimum Gasteiger partial charge on any atom is -0.493 e. The maximum absolute atomic E-state index is 12.4. The van der Waals surface area contributed by atoms with Crippen molar-refractivity contribution < 1.29 is 23.8 Å². The summed E-state index contributed by atoms with van der Waals surface area (Å²) in [6, 6.07) is 11.7. The Hall–Kier alpha value is -2.65. The van der Waals surface area contributed by atoms with E-state index >= 15 is 0 Å². The molecule has 1 saturated heterocycles. The summed E-state index contributed by atoms with van der Waals surface area (Å²) in [6.45, 7) is 1.87. The fourth-order valence-corrected chi connectivity index (χ4v) is 4.42. The van der Waals surface area contributed by atoms with Gasteiger partial charge in [-0.05, 0) is 63.8 Å². The number of hydrogen-bond donors (Lipinski definition) is 2. The van der Waals surface area contributed by atoms with E-state index in [1.165, 1.54) is 31.5 Å². The number of halogens is 1. The van der Waals surface area contributed by atoms with Gasteiger partial charge in [-0.3, -0.25) is 4.79 Å². The molecule has 0 aromatic heterocycles. The average molecular weight is 507 g/mol. The highest BCUT2D eigenvalue weighted by atomic mass is 79.9. The molecule has 1 heterocycles. The third-order valence-electron chi connectivity index (χ3n) is 4.50. The zero-order valence-electron chi connectivity index (χ0n) is 17.4. The fourth-order valence-electron chi connectivity index (χ4n) is 2.86. The van der Waals surface area contributed by atoms with Gasteiger partial charge in [-0.2, -0.15) is 0 Å². The predicted octanol–water partition coefficient (Wildman–Crippen LogP) is 4.17. The maximum atomic E-state index is 12.4. The third kappa shape index (κ3) is 5.95. The van der Waals surface area contributed by atoms with Crippen molar-refractivity contribution in [2.45, 2.75) is 18.8 Å². The first kappa shape index (κ1) is 23.0. The molecule has 2 aromatic carbocycles. The second kappa shape index (κ2) is 10.6. The van der Waals surface area contributed by atoms with Crippen molar-refractivity contribution in [3.63, 3.8) is 0 Å². The molecule has 3 rings (SSSR count). The number of anilines is 1. The van der Waals surface area contributed by atoms with Crippen molar-refractivity contribution >= 4 is 51.3 Å². The van der Waals surface area contributed by atoms with Crippen LogP contribution in [0.1, 0.15) is 18.1 Å². The molecule has 1 fully saturated rings. The second-order valence-corrected chi connectivity index (χ2v) is 8.57. The first-order chi connectivity index (χ1) is 14.9. The zero-order valence-corrected chi connectivity index (χ0v) is 19.8. The van der Waals surface area contributed by atoms with Crippen LogP contribution < -0.4 is 20.1 Å². The summed E-state index contributed by atoms with van der Waals surface area (Å²) in [5, 5.41) is 6.23. The van der Waals surface area contributed by atoms with Crippen molar-refractivity contribution in [3.05, 3.63) is 56.9 Å². The van der Waals surface area contributed by atoms with Crippen LogP contribution in [-0.4, -0.2) is 38.2 Å². The number of carbonyl (C=O) groups is 2. The van der Waals surface area contributed by atoms with E-state index in [9.17, 15) is 9.59 Å². The van der Waals surface area contributed by atoms with Crippen LogP contribution in [0.4, 0.5) is 5.69 Å². The van der Waals surface area contributed by atoms with E-state index in [2.05, 4.69) is 50.4 Å². The summed E-state index contributed by atoms with van der Waals surface area (Å²) < 4.78 is 16.1. The molecule has 0 saturated carbocycles. The van der Waals surface area contributed by atoms with E-state index in [1.807, 2.05) is 12.1 Å². The lowest BCUT2D eigenvalue weighted by atomic mass is 10.1. The molecule has 1 amide bonds. The molecule has 9 heteroatoms. The zero-order chi connectivity index (χ0) is 22.4. The molecule has 1 aliphatic heterocycles. The summed E-state index contributed by atoms with van der Waals surface area (Å²) >= 11 is 4.84. The monoisotopic (exact) mass is 506 g/mol. The van der Waals surface area contributed by atoms with Gasteiger partial charge in [-0.1, -0.05) is 30.8 Å². The molecule has 1 aliphatic rings. The number of aryl methyl sites for hydroxylation is 1. The van der Waals surface area contributed by atoms with Crippen LogP contribution in [-0.2, 0) is 20.7 Å². The molecule has 0 bridgehead atoms. The minimum atomic E-state index is -0.498. The number of thioether (sulfide) groups is 1. The summed E-state index contributed by atoms with van der Waals surface area (Å²) in [7, 11) is 2.80. The highest BCUT2D eigenvalue weighted by Crippen LogP contribution is 2.38. The minimum absolute atomic E-state index is 0.159. The number of benzene rings is 2. The number of amides is 1. The van der Waals surface area contributed by atoms with Crippen LogP contribution in [0.2, 0.25) is 0 Å². The molecule has 164 valence electrons. The van der Waals surface area contributed by atoms with Gasteiger partial charge >= 0.3 is 5.97 Å². The van der Waals surface area contributed by atoms with Crippen LogP contribution in [0, 0.1) is 0 Å². The van der Waals surface area contributed by atoms with E-state index in [0.717, 1.165) is 17.7 Å². The normalized spacial score (nSPS) is 16.7. The van der Waals surface area contributed by atoms with Crippen molar-refractivity contribution in [3.8, 4) is 11.5 Å². The van der Waals surface area contributed by atoms with Gasteiger partial charge in [-0.15, -0.1) is 0 Å². The SMILES string of the molecule is CCc1ccc(N[C@H]2NC(=O)/C(=C/c3cc(Br)c(OCC(=O)OC)c(OC)c3)S2)cc1. The van der Waals surface area contributed by atoms with E-state index in [1.54, 1.807) is 18.2 Å². The lowest BCUT2D eigenvalue weighted by Gasteiger charge is -2.13. The first-order valence-corrected chi connectivity index (χ1v) is 11.2. The van der Waals surface area contributed by atoms with E-state index in [-0.39, 0.29) is 18.0 Å². The van der Waals surface area contributed by atoms with Gasteiger partial charge < -0.3 is 24.8 Å². The summed E-state index contributed by atoms with van der Waals surface area (Å²) in [5.41, 5.74) is 2.68. The highest BCUT2D eigenvalue weighted by Gasteiger charge is 2.27. The second-order valence-electron chi connectivity index (χ2n) is 6.57. The summed E-state index contributed by atoms with van der Waals surface area (Å²) in [6.07, 6.45) is 2.76. The quantitative estimate of drug-likeness (QED) is 0.410. The van der Waals surface area contributed by atoms with Crippen LogP contribution >= 0.6 is 27.7 Å². The molecule has 0 unspecified atom stereocenters. The van der Waals surface area contributed by atoms with Gasteiger partial charge in [0.1, 0.15) is 0 Å². The maximum Gasteiger partial charge on any atom is 0.343 e. The Labute approximate surface area is 193 Å². The number of methoxy groups -OCH3 is 2. The molecule has 2 aromatic rings. The Balaban J connectivity index is 1.73. The Morgan fingerprint density at radius 1 is 1.26 bits per heavy atom. The van der Waals surface area contributed by atoms with Crippen molar-refractivity contribution in [2.24, 2.45) is 0 Å². The largest absolute Gasteiger partial charge is 0.493 e. The van der Waals surface area contributed by atoms with Gasteiger partial charge in [0.2, 0.25) is 0 Å². The van der Waals surface area contributed by atoms with Gasteiger partial charge in [0, 0.05) is 5.69 Å². The highest BCUT2D eigenvalue weighted by molar-refractivity contribution is 9.10. The van der Waals surface area contributed by atoms with Crippen LogP contribution in [0.3, 0.4) is 0 Å².